The first kappa shape index (κ1) is 14.7. The van der Waals surface area contributed by atoms with Crippen molar-refractivity contribution in [2.45, 2.75) is 39.0 Å². The maximum absolute atomic E-state index is 11.8. The van der Waals surface area contributed by atoms with Gasteiger partial charge in [0, 0.05) is 12.1 Å². The van der Waals surface area contributed by atoms with Crippen LogP contribution in [0.25, 0.3) is 0 Å². The first-order chi connectivity index (χ1) is 8.45. The van der Waals surface area contributed by atoms with Crippen LogP contribution in [0.3, 0.4) is 0 Å². The quantitative estimate of drug-likeness (QED) is 0.786. The Bertz CT molecular complexity index is 376. The van der Waals surface area contributed by atoms with E-state index in [0.717, 1.165) is 18.4 Å². The van der Waals surface area contributed by atoms with Gasteiger partial charge in [0.05, 0.1) is 0 Å². The summed E-state index contributed by atoms with van der Waals surface area (Å²) in [6, 6.07) is 7.82. The molecule has 0 atom stereocenters. The standard InChI is InChI=1S/C15H24N2O/c1-15(2,3)13-8-6-12(7-9-13)14(18)17-11-5-4-10-16/h6-9H,4-5,10-11,16H2,1-3H3,(H,17,18). The molecule has 0 bridgehead atoms. The lowest BCUT2D eigenvalue weighted by atomic mass is 9.87. The molecule has 1 amide bonds. The molecular weight excluding hydrogens is 224 g/mol. The van der Waals surface area contributed by atoms with Crippen molar-refractivity contribution in [1.82, 2.24) is 5.32 Å². The van der Waals surface area contributed by atoms with Gasteiger partial charge >= 0.3 is 0 Å². The van der Waals surface area contributed by atoms with Crippen LogP contribution in [0.2, 0.25) is 0 Å². The number of hydrogen-bond acceptors (Lipinski definition) is 2. The summed E-state index contributed by atoms with van der Waals surface area (Å²) in [5.41, 5.74) is 7.48. The topological polar surface area (TPSA) is 55.1 Å². The third-order valence-corrected chi connectivity index (χ3v) is 2.93. The maximum Gasteiger partial charge on any atom is 0.251 e. The van der Waals surface area contributed by atoms with E-state index in [0.29, 0.717) is 13.1 Å². The minimum atomic E-state index is -0.00696. The van der Waals surface area contributed by atoms with Gasteiger partial charge in [0.15, 0.2) is 0 Å². The molecule has 0 radical (unpaired) electrons. The summed E-state index contributed by atoms with van der Waals surface area (Å²) >= 11 is 0. The fourth-order valence-corrected chi connectivity index (χ4v) is 1.69. The highest BCUT2D eigenvalue weighted by Gasteiger charge is 2.13. The molecule has 0 aliphatic carbocycles. The number of nitrogens with one attached hydrogen (secondary N) is 1. The maximum atomic E-state index is 11.8. The zero-order valence-electron chi connectivity index (χ0n) is 11.6. The van der Waals surface area contributed by atoms with Gasteiger partial charge in [0.1, 0.15) is 0 Å². The third-order valence-electron chi connectivity index (χ3n) is 2.93. The molecule has 0 fully saturated rings. The van der Waals surface area contributed by atoms with E-state index in [-0.39, 0.29) is 11.3 Å². The molecule has 0 heterocycles. The van der Waals surface area contributed by atoms with E-state index in [1.54, 1.807) is 0 Å². The number of rotatable bonds is 5. The number of amides is 1. The molecule has 0 saturated heterocycles. The molecule has 0 spiro atoms. The Hall–Kier alpha value is -1.35. The Balaban J connectivity index is 2.54. The lowest BCUT2D eigenvalue weighted by Crippen LogP contribution is -2.25. The number of nitrogens with two attached hydrogens (primary N) is 1. The largest absolute Gasteiger partial charge is 0.352 e. The summed E-state index contributed by atoms with van der Waals surface area (Å²) in [6.45, 7) is 7.85. The molecule has 1 aromatic carbocycles. The molecule has 0 aliphatic heterocycles. The van der Waals surface area contributed by atoms with E-state index >= 15 is 0 Å². The minimum absolute atomic E-state index is 0.00696. The highest BCUT2D eigenvalue weighted by Crippen LogP contribution is 2.22. The van der Waals surface area contributed by atoms with Crippen molar-refractivity contribution < 1.29 is 4.79 Å². The van der Waals surface area contributed by atoms with Crippen LogP contribution >= 0.6 is 0 Å². The first-order valence-corrected chi connectivity index (χ1v) is 6.54. The fourth-order valence-electron chi connectivity index (χ4n) is 1.69. The summed E-state index contributed by atoms with van der Waals surface area (Å²) in [4.78, 5) is 11.8. The van der Waals surface area contributed by atoms with Crippen LogP contribution in [0.1, 0.15) is 49.5 Å². The number of benzene rings is 1. The van der Waals surface area contributed by atoms with Gasteiger partial charge < -0.3 is 11.1 Å². The molecule has 18 heavy (non-hydrogen) atoms. The van der Waals surface area contributed by atoms with Gasteiger partial charge in [-0.05, 0) is 42.5 Å². The Morgan fingerprint density at radius 1 is 1.17 bits per heavy atom. The van der Waals surface area contributed by atoms with Crippen molar-refractivity contribution in [2.75, 3.05) is 13.1 Å². The predicted octanol–water partition coefficient (Wildman–Crippen LogP) is 2.45. The van der Waals surface area contributed by atoms with Gasteiger partial charge in [0.2, 0.25) is 0 Å². The predicted molar refractivity (Wildman–Crippen MR) is 75.8 cm³/mol. The van der Waals surface area contributed by atoms with Crippen LogP contribution in [0.5, 0.6) is 0 Å². The third kappa shape index (κ3) is 4.49. The van der Waals surface area contributed by atoms with Crippen LogP contribution in [0.4, 0.5) is 0 Å². The Morgan fingerprint density at radius 3 is 2.28 bits per heavy atom. The highest BCUT2D eigenvalue weighted by molar-refractivity contribution is 5.94. The number of carbonyl (C=O) groups excluding carboxylic acids is 1. The van der Waals surface area contributed by atoms with Crippen LogP contribution in [0, 0.1) is 0 Å². The molecule has 0 aromatic heterocycles. The molecule has 1 rings (SSSR count). The van der Waals surface area contributed by atoms with E-state index in [1.807, 2.05) is 24.3 Å². The van der Waals surface area contributed by atoms with E-state index in [1.165, 1.54) is 5.56 Å². The normalized spacial score (nSPS) is 11.3. The highest BCUT2D eigenvalue weighted by atomic mass is 16.1. The molecule has 100 valence electrons. The van der Waals surface area contributed by atoms with Gasteiger partial charge in [-0.1, -0.05) is 32.9 Å². The van der Waals surface area contributed by atoms with Gasteiger partial charge in [-0.3, -0.25) is 4.79 Å². The van der Waals surface area contributed by atoms with Crippen LogP contribution in [0.15, 0.2) is 24.3 Å². The monoisotopic (exact) mass is 248 g/mol. The summed E-state index contributed by atoms with van der Waals surface area (Å²) in [5.74, 6) is -0.00696. The molecule has 0 unspecified atom stereocenters. The van der Waals surface area contributed by atoms with E-state index in [2.05, 4.69) is 26.1 Å². The van der Waals surface area contributed by atoms with Crippen molar-refractivity contribution >= 4 is 5.91 Å². The van der Waals surface area contributed by atoms with Crippen molar-refractivity contribution in [3.63, 3.8) is 0 Å². The summed E-state index contributed by atoms with van der Waals surface area (Å²) in [7, 11) is 0. The summed E-state index contributed by atoms with van der Waals surface area (Å²) in [5, 5.41) is 2.90. The average Bonchev–Trinajstić information content (AvgIpc) is 2.33. The number of carbonyl (C=O) groups is 1. The van der Waals surface area contributed by atoms with Crippen LogP contribution in [-0.4, -0.2) is 19.0 Å². The second-order valence-corrected chi connectivity index (χ2v) is 5.58. The van der Waals surface area contributed by atoms with Gasteiger partial charge in [-0.15, -0.1) is 0 Å². The molecule has 3 N–H and O–H groups in total. The average molecular weight is 248 g/mol. The van der Waals surface area contributed by atoms with E-state index in [9.17, 15) is 4.79 Å². The van der Waals surface area contributed by atoms with E-state index in [4.69, 9.17) is 5.73 Å². The van der Waals surface area contributed by atoms with Crippen molar-refractivity contribution in [2.24, 2.45) is 5.73 Å². The zero-order chi connectivity index (χ0) is 13.6. The Morgan fingerprint density at radius 2 is 1.78 bits per heavy atom. The summed E-state index contributed by atoms with van der Waals surface area (Å²) in [6.07, 6.45) is 1.88. The van der Waals surface area contributed by atoms with Crippen molar-refractivity contribution in [1.29, 1.82) is 0 Å². The second kappa shape index (κ2) is 6.55. The molecular formula is C15H24N2O. The molecule has 3 heteroatoms. The van der Waals surface area contributed by atoms with Gasteiger partial charge in [0.25, 0.3) is 5.91 Å². The molecule has 1 aromatic rings. The minimum Gasteiger partial charge on any atom is -0.352 e. The number of hydrogen-bond donors (Lipinski definition) is 2. The first-order valence-electron chi connectivity index (χ1n) is 6.54. The zero-order valence-corrected chi connectivity index (χ0v) is 11.6. The summed E-state index contributed by atoms with van der Waals surface area (Å²) < 4.78 is 0. The van der Waals surface area contributed by atoms with Gasteiger partial charge in [-0.2, -0.15) is 0 Å². The molecule has 0 aliphatic rings. The molecule has 0 saturated carbocycles. The van der Waals surface area contributed by atoms with Crippen molar-refractivity contribution in [3.8, 4) is 0 Å². The Labute approximate surface area is 110 Å². The number of unbranched alkanes of at least 4 members (excludes halogenated alkanes) is 1. The van der Waals surface area contributed by atoms with Crippen molar-refractivity contribution in [3.05, 3.63) is 35.4 Å². The second-order valence-electron chi connectivity index (χ2n) is 5.58. The van der Waals surface area contributed by atoms with Crippen LogP contribution < -0.4 is 11.1 Å². The van der Waals surface area contributed by atoms with Gasteiger partial charge in [-0.25, -0.2) is 0 Å². The van der Waals surface area contributed by atoms with Crippen LogP contribution in [-0.2, 0) is 5.41 Å². The lowest BCUT2D eigenvalue weighted by molar-refractivity contribution is 0.0953. The Kier molecular flexibility index (Phi) is 5.35. The molecule has 3 nitrogen and oxygen atoms in total. The van der Waals surface area contributed by atoms with E-state index < -0.39 is 0 Å². The lowest BCUT2D eigenvalue weighted by Gasteiger charge is -2.19. The fraction of sp³-hybridized carbons (Fsp3) is 0.533. The SMILES string of the molecule is CC(C)(C)c1ccc(C(=O)NCCCCN)cc1. The smallest absolute Gasteiger partial charge is 0.251 e.